The van der Waals surface area contributed by atoms with Crippen molar-refractivity contribution in [1.82, 2.24) is 14.9 Å². The molecule has 20 heavy (non-hydrogen) atoms. The second-order valence-electron chi connectivity index (χ2n) is 6.12. The van der Waals surface area contributed by atoms with E-state index < -0.39 is 0 Å². The second-order valence-corrected chi connectivity index (χ2v) is 6.12. The average Bonchev–Trinajstić information content (AvgIpc) is 3.02. The maximum atomic E-state index is 4.55. The summed E-state index contributed by atoms with van der Waals surface area (Å²) in [7, 11) is 0. The number of nitrogens with one attached hydrogen (secondary N) is 1. The van der Waals surface area contributed by atoms with E-state index in [0.717, 1.165) is 24.1 Å². The third-order valence-corrected chi connectivity index (χ3v) is 4.76. The Morgan fingerprint density at radius 3 is 2.65 bits per heavy atom. The van der Waals surface area contributed by atoms with Gasteiger partial charge < -0.3 is 10.2 Å². The van der Waals surface area contributed by atoms with Gasteiger partial charge in [-0.05, 0) is 64.1 Å². The van der Waals surface area contributed by atoms with Gasteiger partial charge in [-0.1, -0.05) is 6.92 Å². The van der Waals surface area contributed by atoms with Crippen molar-refractivity contribution in [3.63, 3.8) is 0 Å². The number of nitrogens with zero attached hydrogens (tertiary/aromatic N) is 3. The topological polar surface area (TPSA) is 41.1 Å². The number of anilines is 1. The van der Waals surface area contributed by atoms with Gasteiger partial charge in [0.15, 0.2) is 0 Å². The molecule has 110 valence electrons. The highest BCUT2D eigenvalue weighted by Crippen LogP contribution is 2.27. The maximum absolute atomic E-state index is 4.55. The molecular weight excluding hydrogens is 248 g/mol. The van der Waals surface area contributed by atoms with E-state index >= 15 is 0 Å². The van der Waals surface area contributed by atoms with Crippen LogP contribution < -0.4 is 5.32 Å². The largest absolute Gasteiger partial charge is 0.351 e. The van der Waals surface area contributed by atoms with Crippen molar-refractivity contribution in [2.45, 2.75) is 64.0 Å². The SMILES string of the molecule is CCc1ccnc(NC2CCC(N3CCCC3)CC2)n1. The molecule has 0 spiro atoms. The molecule has 4 nitrogen and oxygen atoms in total. The minimum absolute atomic E-state index is 0.556. The van der Waals surface area contributed by atoms with Gasteiger partial charge in [0.2, 0.25) is 5.95 Å². The van der Waals surface area contributed by atoms with Crippen LogP contribution in [0.25, 0.3) is 0 Å². The molecule has 1 aromatic rings. The lowest BCUT2D eigenvalue weighted by Crippen LogP contribution is -2.39. The summed E-state index contributed by atoms with van der Waals surface area (Å²) >= 11 is 0. The van der Waals surface area contributed by atoms with Gasteiger partial charge in [-0.15, -0.1) is 0 Å². The van der Waals surface area contributed by atoms with E-state index in [1.165, 1.54) is 51.6 Å². The highest BCUT2D eigenvalue weighted by atomic mass is 15.2. The zero-order chi connectivity index (χ0) is 13.8. The number of aryl methyl sites for hydroxylation is 1. The molecule has 1 N–H and O–H groups in total. The Hall–Kier alpha value is -1.16. The Bertz CT molecular complexity index is 420. The molecule has 0 bridgehead atoms. The van der Waals surface area contributed by atoms with Crippen molar-refractivity contribution in [1.29, 1.82) is 0 Å². The van der Waals surface area contributed by atoms with E-state index in [-0.39, 0.29) is 0 Å². The smallest absolute Gasteiger partial charge is 0.223 e. The van der Waals surface area contributed by atoms with Crippen LogP contribution in [0.3, 0.4) is 0 Å². The summed E-state index contributed by atoms with van der Waals surface area (Å²) in [5, 5.41) is 3.53. The lowest BCUT2D eigenvalue weighted by atomic mass is 9.90. The number of hydrogen-bond acceptors (Lipinski definition) is 4. The van der Waals surface area contributed by atoms with Crippen LogP contribution in [0, 0.1) is 0 Å². The van der Waals surface area contributed by atoms with E-state index in [9.17, 15) is 0 Å². The number of hydrogen-bond donors (Lipinski definition) is 1. The molecule has 4 heteroatoms. The normalized spacial score (nSPS) is 27.6. The van der Waals surface area contributed by atoms with Gasteiger partial charge in [-0.2, -0.15) is 0 Å². The molecule has 0 atom stereocenters. The lowest BCUT2D eigenvalue weighted by molar-refractivity contribution is 0.186. The van der Waals surface area contributed by atoms with Crippen LogP contribution >= 0.6 is 0 Å². The lowest BCUT2D eigenvalue weighted by Gasteiger charge is -2.34. The zero-order valence-corrected chi connectivity index (χ0v) is 12.5. The predicted octanol–water partition coefficient (Wildman–Crippen LogP) is 2.86. The van der Waals surface area contributed by atoms with Crippen LogP contribution in [0.5, 0.6) is 0 Å². The Morgan fingerprint density at radius 1 is 1.20 bits per heavy atom. The molecule has 1 aliphatic heterocycles. The summed E-state index contributed by atoms with van der Waals surface area (Å²) in [4.78, 5) is 11.6. The van der Waals surface area contributed by atoms with Gasteiger partial charge in [0.25, 0.3) is 0 Å². The van der Waals surface area contributed by atoms with E-state index in [4.69, 9.17) is 0 Å². The van der Waals surface area contributed by atoms with Crippen LogP contribution in [0.4, 0.5) is 5.95 Å². The molecule has 2 heterocycles. The fraction of sp³-hybridized carbons (Fsp3) is 0.750. The predicted molar refractivity (Wildman–Crippen MR) is 81.9 cm³/mol. The van der Waals surface area contributed by atoms with Crippen molar-refractivity contribution in [2.24, 2.45) is 0 Å². The monoisotopic (exact) mass is 274 g/mol. The van der Waals surface area contributed by atoms with Gasteiger partial charge in [-0.25, -0.2) is 9.97 Å². The summed E-state index contributed by atoms with van der Waals surface area (Å²) in [6, 6.07) is 3.38. The molecule has 0 radical (unpaired) electrons. The quantitative estimate of drug-likeness (QED) is 0.916. The van der Waals surface area contributed by atoms with E-state index in [0.29, 0.717) is 6.04 Å². The molecular formula is C16H26N4. The van der Waals surface area contributed by atoms with Crippen LogP contribution in [0.2, 0.25) is 0 Å². The van der Waals surface area contributed by atoms with Gasteiger partial charge in [0, 0.05) is 24.0 Å². The van der Waals surface area contributed by atoms with Gasteiger partial charge in [0.05, 0.1) is 0 Å². The first-order valence-electron chi connectivity index (χ1n) is 8.17. The molecule has 1 aromatic heterocycles. The standard InChI is InChI=1S/C16H26N4/c1-2-13-9-10-17-16(18-13)19-14-5-7-15(8-6-14)20-11-3-4-12-20/h9-10,14-15H,2-8,11-12H2,1H3,(H,17,18,19). The number of aromatic nitrogens is 2. The van der Waals surface area contributed by atoms with E-state index in [1.54, 1.807) is 0 Å². The van der Waals surface area contributed by atoms with Crippen molar-refractivity contribution in [3.05, 3.63) is 18.0 Å². The summed E-state index contributed by atoms with van der Waals surface area (Å²) in [5.74, 6) is 0.814. The first-order chi connectivity index (χ1) is 9.85. The van der Waals surface area contributed by atoms with E-state index in [2.05, 4.69) is 27.1 Å². The van der Waals surface area contributed by atoms with Crippen molar-refractivity contribution >= 4 is 5.95 Å². The molecule has 0 unspecified atom stereocenters. The number of likely N-dealkylation sites (tertiary alicyclic amines) is 1. The van der Waals surface area contributed by atoms with Crippen LogP contribution in [0.1, 0.15) is 51.1 Å². The highest BCUT2D eigenvalue weighted by Gasteiger charge is 2.27. The third-order valence-electron chi connectivity index (χ3n) is 4.76. The molecule has 2 fully saturated rings. The van der Waals surface area contributed by atoms with Crippen LogP contribution in [0.15, 0.2) is 12.3 Å². The van der Waals surface area contributed by atoms with Gasteiger partial charge in [0.1, 0.15) is 0 Å². The first-order valence-corrected chi connectivity index (χ1v) is 8.17. The zero-order valence-electron chi connectivity index (χ0n) is 12.5. The van der Waals surface area contributed by atoms with Crippen LogP contribution in [-0.4, -0.2) is 40.0 Å². The van der Waals surface area contributed by atoms with Gasteiger partial charge >= 0.3 is 0 Å². The van der Waals surface area contributed by atoms with Crippen molar-refractivity contribution < 1.29 is 0 Å². The minimum atomic E-state index is 0.556. The highest BCUT2D eigenvalue weighted by molar-refractivity contribution is 5.27. The number of rotatable bonds is 4. The average molecular weight is 274 g/mol. The summed E-state index contributed by atoms with van der Waals surface area (Å²) in [6.45, 7) is 4.78. The Morgan fingerprint density at radius 2 is 1.95 bits per heavy atom. The molecule has 1 saturated carbocycles. The third kappa shape index (κ3) is 3.29. The Balaban J connectivity index is 1.50. The summed E-state index contributed by atoms with van der Waals surface area (Å²) in [6.07, 6.45) is 10.8. The molecule has 3 rings (SSSR count). The van der Waals surface area contributed by atoms with Gasteiger partial charge in [-0.3, -0.25) is 0 Å². The molecule has 1 saturated heterocycles. The van der Waals surface area contributed by atoms with Crippen molar-refractivity contribution in [2.75, 3.05) is 18.4 Å². The maximum Gasteiger partial charge on any atom is 0.223 e. The fourth-order valence-corrected chi connectivity index (χ4v) is 3.54. The summed E-state index contributed by atoms with van der Waals surface area (Å²) in [5.41, 5.74) is 1.12. The Kier molecular flexibility index (Phi) is 4.51. The first kappa shape index (κ1) is 13.8. The van der Waals surface area contributed by atoms with E-state index in [1.807, 2.05) is 12.3 Å². The fourth-order valence-electron chi connectivity index (χ4n) is 3.54. The molecule has 0 amide bonds. The Labute approximate surface area is 122 Å². The minimum Gasteiger partial charge on any atom is -0.351 e. The van der Waals surface area contributed by atoms with Crippen molar-refractivity contribution in [3.8, 4) is 0 Å². The molecule has 1 aliphatic carbocycles. The molecule has 2 aliphatic rings. The second kappa shape index (κ2) is 6.53. The van der Waals surface area contributed by atoms with Crippen LogP contribution in [-0.2, 0) is 6.42 Å². The summed E-state index contributed by atoms with van der Waals surface area (Å²) < 4.78 is 0. The molecule has 0 aromatic carbocycles.